The second kappa shape index (κ2) is 4.24. The fraction of sp³-hybridized carbons (Fsp3) is 0.0769. The lowest BCUT2D eigenvalue weighted by molar-refractivity contribution is 0.959. The molecule has 2 N–H and O–H groups in total. The van der Waals surface area contributed by atoms with E-state index in [1.165, 1.54) is 0 Å². The summed E-state index contributed by atoms with van der Waals surface area (Å²) in [5, 5.41) is 0. The summed E-state index contributed by atoms with van der Waals surface area (Å²) in [5.41, 5.74) is 9.46. The van der Waals surface area contributed by atoms with Crippen LogP contribution in [-0.2, 0) is 7.05 Å². The standard InChI is InChI=1S/C13H11IN4/c1-18-11-3-2-6-16-12(11)17-13(18)9-7-8(14)4-5-10(9)15/h2-7H,15H2,1H3. The molecule has 0 fully saturated rings. The molecule has 0 amide bonds. The van der Waals surface area contributed by atoms with Gasteiger partial charge < -0.3 is 10.3 Å². The first-order chi connectivity index (χ1) is 8.66. The van der Waals surface area contributed by atoms with Gasteiger partial charge in [0.15, 0.2) is 5.65 Å². The van der Waals surface area contributed by atoms with Crippen molar-refractivity contribution in [1.29, 1.82) is 0 Å². The molecule has 0 saturated heterocycles. The first-order valence-corrected chi connectivity index (χ1v) is 6.57. The van der Waals surface area contributed by atoms with Crippen molar-refractivity contribution in [1.82, 2.24) is 14.5 Å². The number of nitrogens with two attached hydrogens (primary N) is 1. The smallest absolute Gasteiger partial charge is 0.178 e. The Hall–Kier alpha value is -1.63. The topological polar surface area (TPSA) is 56.7 Å². The van der Waals surface area contributed by atoms with Crippen LogP contribution in [0.2, 0.25) is 0 Å². The monoisotopic (exact) mass is 350 g/mol. The maximum Gasteiger partial charge on any atom is 0.178 e. The highest BCUT2D eigenvalue weighted by Crippen LogP contribution is 2.28. The summed E-state index contributed by atoms with van der Waals surface area (Å²) < 4.78 is 3.15. The molecule has 18 heavy (non-hydrogen) atoms. The number of aromatic nitrogens is 3. The molecular weight excluding hydrogens is 339 g/mol. The van der Waals surface area contributed by atoms with Gasteiger partial charge in [-0.1, -0.05) is 0 Å². The zero-order chi connectivity index (χ0) is 12.7. The third-order valence-electron chi connectivity index (χ3n) is 2.91. The Balaban J connectivity index is 2.31. The number of anilines is 1. The maximum atomic E-state index is 6.04. The number of imidazole rings is 1. The van der Waals surface area contributed by atoms with Crippen LogP contribution < -0.4 is 5.73 Å². The number of aryl methyl sites for hydroxylation is 1. The van der Waals surface area contributed by atoms with Crippen LogP contribution in [0, 0.1) is 3.57 Å². The fourth-order valence-electron chi connectivity index (χ4n) is 1.99. The Kier molecular flexibility index (Phi) is 2.70. The Morgan fingerprint density at radius 1 is 1.28 bits per heavy atom. The average molecular weight is 350 g/mol. The van der Waals surface area contributed by atoms with Gasteiger partial charge in [0.2, 0.25) is 0 Å². The number of hydrogen-bond acceptors (Lipinski definition) is 3. The molecule has 2 aromatic heterocycles. The number of benzene rings is 1. The highest BCUT2D eigenvalue weighted by Gasteiger charge is 2.12. The molecule has 0 spiro atoms. The van der Waals surface area contributed by atoms with Crippen LogP contribution in [0.15, 0.2) is 36.5 Å². The van der Waals surface area contributed by atoms with Crippen molar-refractivity contribution in [3.05, 3.63) is 40.1 Å². The van der Waals surface area contributed by atoms with Gasteiger partial charge in [-0.15, -0.1) is 0 Å². The van der Waals surface area contributed by atoms with Crippen LogP contribution in [-0.4, -0.2) is 14.5 Å². The molecule has 0 aliphatic rings. The highest BCUT2D eigenvalue weighted by atomic mass is 127. The van der Waals surface area contributed by atoms with Gasteiger partial charge in [0, 0.05) is 28.1 Å². The van der Waals surface area contributed by atoms with Gasteiger partial charge >= 0.3 is 0 Å². The molecule has 4 nitrogen and oxygen atoms in total. The number of nitrogens with zero attached hydrogens (tertiary/aromatic N) is 3. The van der Waals surface area contributed by atoms with Crippen LogP contribution in [0.25, 0.3) is 22.6 Å². The van der Waals surface area contributed by atoms with E-state index in [1.54, 1.807) is 6.20 Å². The zero-order valence-electron chi connectivity index (χ0n) is 9.76. The Morgan fingerprint density at radius 2 is 2.11 bits per heavy atom. The number of pyridine rings is 1. The summed E-state index contributed by atoms with van der Waals surface area (Å²) in [6.45, 7) is 0. The molecule has 3 aromatic rings. The lowest BCUT2D eigenvalue weighted by Gasteiger charge is -2.06. The predicted octanol–water partition coefficient (Wildman–Crippen LogP) is 2.82. The second-order valence-corrected chi connectivity index (χ2v) is 5.32. The van der Waals surface area contributed by atoms with Crippen molar-refractivity contribution in [2.75, 3.05) is 5.73 Å². The lowest BCUT2D eigenvalue weighted by Crippen LogP contribution is -1.97. The van der Waals surface area contributed by atoms with E-state index in [0.29, 0.717) is 0 Å². The molecule has 5 heteroatoms. The molecule has 0 bridgehead atoms. The molecule has 0 unspecified atom stereocenters. The molecule has 1 aromatic carbocycles. The summed E-state index contributed by atoms with van der Waals surface area (Å²) >= 11 is 2.27. The van der Waals surface area contributed by atoms with Gasteiger partial charge in [-0.2, -0.15) is 0 Å². The Bertz CT molecular complexity index is 733. The molecule has 0 saturated carbocycles. The summed E-state index contributed by atoms with van der Waals surface area (Å²) in [5.74, 6) is 0.847. The first-order valence-electron chi connectivity index (χ1n) is 5.49. The number of fused-ring (bicyclic) bond motifs is 1. The van der Waals surface area contributed by atoms with Crippen LogP contribution in [0.4, 0.5) is 5.69 Å². The SMILES string of the molecule is Cn1c(-c2cc(I)ccc2N)nc2ncccc21. The summed E-state index contributed by atoms with van der Waals surface area (Å²) in [6, 6.07) is 9.84. The van der Waals surface area contributed by atoms with Gasteiger partial charge in [-0.05, 0) is 52.9 Å². The number of nitrogen functional groups attached to an aromatic ring is 1. The van der Waals surface area contributed by atoms with Gasteiger partial charge in [-0.3, -0.25) is 0 Å². The minimum absolute atomic E-state index is 0.730. The molecule has 0 aliphatic carbocycles. The van der Waals surface area contributed by atoms with Crippen LogP contribution in [0.3, 0.4) is 0 Å². The van der Waals surface area contributed by atoms with Crippen molar-refractivity contribution in [2.45, 2.75) is 0 Å². The number of halogens is 1. The van der Waals surface area contributed by atoms with Crippen LogP contribution in [0.5, 0.6) is 0 Å². The normalized spacial score (nSPS) is 11.0. The van der Waals surface area contributed by atoms with E-state index in [1.807, 2.05) is 41.9 Å². The van der Waals surface area contributed by atoms with E-state index < -0.39 is 0 Å². The number of hydrogen-bond donors (Lipinski definition) is 1. The summed E-state index contributed by atoms with van der Waals surface area (Å²) in [6.07, 6.45) is 1.75. The third-order valence-corrected chi connectivity index (χ3v) is 3.58. The zero-order valence-corrected chi connectivity index (χ0v) is 11.9. The van der Waals surface area contributed by atoms with E-state index in [0.717, 1.165) is 31.8 Å². The van der Waals surface area contributed by atoms with E-state index in [9.17, 15) is 0 Å². The number of rotatable bonds is 1. The van der Waals surface area contributed by atoms with E-state index >= 15 is 0 Å². The molecule has 0 aliphatic heterocycles. The van der Waals surface area contributed by atoms with Crippen LogP contribution >= 0.6 is 22.6 Å². The van der Waals surface area contributed by atoms with Crippen molar-refractivity contribution in [2.24, 2.45) is 7.05 Å². The minimum Gasteiger partial charge on any atom is -0.398 e. The minimum atomic E-state index is 0.730. The Morgan fingerprint density at radius 3 is 2.89 bits per heavy atom. The van der Waals surface area contributed by atoms with Gasteiger partial charge in [0.05, 0.1) is 5.52 Å². The first kappa shape index (κ1) is 11.5. The fourth-order valence-corrected chi connectivity index (χ4v) is 2.48. The molecule has 90 valence electrons. The van der Waals surface area contributed by atoms with E-state index in [4.69, 9.17) is 5.73 Å². The summed E-state index contributed by atoms with van der Waals surface area (Å²) in [4.78, 5) is 8.82. The van der Waals surface area contributed by atoms with Crippen LogP contribution in [0.1, 0.15) is 0 Å². The molecule has 3 rings (SSSR count). The molecule has 0 radical (unpaired) electrons. The summed E-state index contributed by atoms with van der Waals surface area (Å²) in [7, 11) is 1.98. The molecule has 0 atom stereocenters. The van der Waals surface area contributed by atoms with Crippen molar-refractivity contribution in [3.8, 4) is 11.4 Å². The third kappa shape index (κ3) is 1.74. The average Bonchev–Trinajstić information content (AvgIpc) is 2.71. The lowest BCUT2D eigenvalue weighted by atomic mass is 10.2. The second-order valence-electron chi connectivity index (χ2n) is 4.07. The Labute approximate surface area is 118 Å². The van der Waals surface area contributed by atoms with Gasteiger partial charge in [0.25, 0.3) is 0 Å². The predicted molar refractivity (Wildman–Crippen MR) is 81.1 cm³/mol. The van der Waals surface area contributed by atoms with Crippen molar-refractivity contribution < 1.29 is 0 Å². The quantitative estimate of drug-likeness (QED) is 0.542. The highest BCUT2D eigenvalue weighted by molar-refractivity contribution is 14.1. The molecular formula is C13H11IN4. The van der Waals surface area contributed by atoms with E-state index in [-0.39, 0.29) is 0 Å². The maximum absolute atomic E-state index is 6.04. The van der Waals surface area contributed by atoms with Gasteiger partial charge in [0.1, 0.15) is 5.82 Å². The molecule has 2 heterocycles. The van der Waals surface area contributed by atoms with E-state index in [2.05, 4.69) is 32.6 Å². The van der Waals surface area contributed by atoms with Crippen molar-refractivity contribution >= 4 is 39.4 Å². The largest absolute Gasteiger partial charge is 0.398 e. The van der Waals surface area contributed by atoms with Crippen molar-refractivity contribution in [3.63, 3.8) is 0 Å². The van der Waals surface area contributed by atoms with Gasteiger partial charge in [-0.25, -0.2) is 9.97 Å².